The van der Waals surface area contributed by atoms with E-state index in [1.807, 2.05) is 12.1 Å². The van der Waals surface area contributed by atoms with E-state index in [1.165, 1.54) is 0 Å². The van der Waals surface area contributed by atoms with Crippen molar-refractivity contribution in [2.75, 3.05) is 0 Å². The third kappa shape index (κ3) is 2.91. The van der Waals surface area contributed by atoms with Gasteiger partial charge in [0.15, 0.2) is 0 Å². The molecule has 2 nitrogen and oxygen atoms in total. The van der Waals surface area contributed by atoms with Crippen molar-refractivity contribution in [3.63, 3.8) is 0 Å². The van der Waals surface area contributed by atoms with Gasteiger partial charge in [0.1, 0.15) is 14.3 Å². The molecule has 0 bridgehead atoms. The highest BCUT2D eigenvalue weighted by Gasteiger charge is 2.51. The van der Waals surface area contributed by atoms with E-state index in [0.717, 1.165) is 62.0 Å². The summed E-state index contributed by atoms with van der Waals surface area (Å²) in [6.07, 6.45) is 8.17. The Morgan fingerprint density at radius 2 is 0.923 bits per heavy atom. The Kier molecular flexibility index (Phi) is 6.26. The SMILES string of the molecule is CC[C@@H]1CC[C@@H](CC)P1(=O)c1ccccc1P1(=O)[C@H](CC)CC[C@H]1CC. The summed E-state index contributed by atoms with van der Waals surface area (Å²) in [5.41, 5.74) is 1.12. The second kappa shape index (κ2) is 7.97. The van der Waals surface area contributed by atoms with Gasteiger partial charge in [0.25, 0.3) is 0 Å². The first kappa shape index (κ1) is 20.4. The summed E-state index contributed by atoms with van der Waals surface area (Å²) in [5.74, 6) is 0. The Balaban J connectivity index is 2.21. The lowest BCUT2D eigenvalue weighted by molar-refractivity contribution is 0.566. The second-order valence-electron chi connectivity index (χ2n) is 8.31. The lowest BCUT2D eigenvalue weighted by atomic mass is 10.1. The molecule has 0 spiro atoms. The van der Waals surface area contributed by atoms with Crippen LogP contribution in [0.2, 0.25) is 0 Å². The van der Waals surface area contributed by atoms with Gasteiger partial charge in [-0.15, -0.1) is 0 Å². The molecule has 0 aliphatic carbocycles. The van der Waals surface area contributed by atoms with Gasteiger partial charge in [0, 0.05) is 33.2 Å². The van der Waals surface area contributed by atoms with E-state index in [-0.39, 0.29) is 22.6 Å². The van der Waals surface area contributed by atoms with Crippen LogP contribution in [0.15, 0.2) is 24.3 Å². The summed E-state index contributed by atoms with van der Waals surface area (Å²) in [7, 11) is -5.04. The maximum atomic E-state index is 14.5. The number of hydrogen-bond donors (Lipinski definition) is 0. The Morgan fingerprint density at radius 1 is 0.654 bits per heavy atom. The molecule has 146 valence electrons. The maximum absolute atomic E-state index is 14.5. The van der Waals surface area contributed by atoms with Crippen molar-refractivity contribution in [1.82, 2.24) is 0 Å². The van der Waals surface area contributed by atoms with Crippen molar-refractivity contribution in [3.8, 4) is 0 Å². The molecule has 2 saturated heterocycles. The van der Waals surface area contributed by atoms with Crippen molar-refractivity contribution in [1.29, 1.82) is 0 Å². The van der Waals surface area contributed by atoms with Crippen LogP contribution in [0.25, 0.3) is 0 Å². The van der Waals surface area contributed by atoms with Crippen LogP contribution < -0.4 is 10.6 Å². The summed E-state index contributed by atoms with van der Waals surface area (Å²) in [6, 6.07) is 8.23. The first-order chi connectivity index (χ1) is 12.5. The van der Waals surface area contributed by atoms with Gasteiger partial charge in [-0.2, -0.15) is 0 Å². The van der Waals surface area contributed by atoms with E-state index in [9.17, 15) is 9.13 Å². The molecule has 26 heavy (non-hydrogen) atoms. The van der Waals surface area contributed by atoms with E-state index < -0.39 is 14.3 Å². The van der Waals surface area contributed by atoms with E-state index >= 15 is 0 Å². The highest BCUT2D eigenvalue weighted by molar-refractivity contribution is 7.79. The average molecular weight is 394 g/mol. The fourth-order valence-electron chi connectivity index (χ4n) is 5.88. The molecule has 2 aliphatic heterocycles. The van der Waals surface area contributed by atoms with Crippen LogP contribution in [0.1, 0.15) is 79.1 Å². The molecule has 2 fully saturated rings. The molecule has 4 heteroatoms. The zero-order valence-corrected chi connectivity index (χ0v) is 18.8. The summed E-state index contributed by atoms with van der Waals surface area (Å²) in [6.45, 7) is 8.72. The molecule has 2 aliphatic rings. The van der Waals surface area contributed by atoms with E-state index in [1.54, 1.807) is 0 Å². The zero-order valence-electron chi connectivity index (χ0n) is 17.0. The van der Waals surface area contributed by atoms with E-state index in [2.05, 4.69) is 39.8 Å². The summed E-state index contributed by atoms with van der Waals surface area (Å²) < 4.78 is 29.1. The summed E-state index contributed by atoms with van der Waals surface area (Å²) >= 11 is 0. The van der Waals surface area contributed by atoms with Gasteiger partial charge >= 0.3 is 0 Å². The van der Waals surface area contributed by atoms with Crippen LogP contribution in [0, 0.1) is 0 Å². The van der Waals surface area contributed by atoms with Crippen molar-refractivity contribution >= 4 is 24.9 Å². The number of rotatable bonds is 6. The Labute approximate surface area is 160 Å². The Morgan fingerprint density at radius 3 is 1.15 bits per heavy atom. The van der Waals surface area contributed by atoms with E-state index in [0.29, 0.717) is 0 Å². The molecule has 0 radical (unpaired) electrons. The summed E-state index contributed by atoms with van der Waals surface area (Å²) in [4.78, 5) is 0. The zero-order chi connectivity index (χ0) is 18.9. The number of hydrogen-bond acceptors (Lipinski definition) is 2. The first-order valence-electron chi connectivity index (χ1n) is 10.8. The lowest BCUT2D eigenvalue weighted by Crippen LogP contribution is -2.34. The monoisotopic (exact) mass is 394 g/mol. The Bertz CT molecular complexity index is 634. The second-order valence-corrected chi connectivity index (χ2v) is 15.0. The Hall–Kier alpha value is -0.320. The molecule has 3 rings (SSSR count). The quantitative estimate of drug-likeness (QED) is 0.526. The molecule has 2 heterocycles. The van der Waals surface area contributed by atoms with Crippen LogP contribution in [-0.4, -0.2) is 22.6 Å². The van der Waals surface area contributed by atoms with Crippen molar-refractivity contribution in [2.24, 2.45) is 0 Å². The van der Waals surface area contributed by atoms with Crippen LogP contribution in [-0.2, 0) is 9.13 Å². The van der Waals surface area contributed by atoms with Crippen LogP contribution >= 0.6 is 14.3 Å². The van der Waals surface area contributed by atoms with Crippen molar-refractivity contribution < 1.29 is 9.13 Å². The largest absolute Gasteiger partial charge is 0.318 e. The summed E-state index contributed by atoms with van der Waals surface area (Å²) in [5, 5.41) is 2.02. The van der Waals surface area contributed by atoms with Gasteiger partial charge in [0.2, 0.25) is 0 Å². The highest BCUT2D eigenvalue weighted by Crippen LogP contribution is 2.68. The van der Waals surface area contributed by atoms with Crippen LogP contribution in [0.3, 0.4) is 0 Å². The minimum absolute atomic E-state index is 0.281. The predicted octanol–water partition coefficient (Wildman–Crippen LogP) is 6.37. The lowest BCUT2D eigenvalue weighted by Gasteiger charge is -2.32. The molecular weight excluding hydrogens is 358 g/mol. The average Bonchev–Trinajstić information content (AvgIpc) is 3.18. The van der Waals surface area contributed by atoms with Gasteiger partial charge in [-0.25, -0.2) is 0 Å². The van der Waals surface area contributed by atoms with Crippen molar-refractivity contribution in [2.45, 2.75) is 102 Å². The topological polar surface area (TPSA) is 34.1 Å². The molecule has 4 atom stereocenters. The smallest absolute Gasteiger partial charge is 0.122 e. The van der Waals surface area contributed by atoms with Gasteiger partial charge in [0.05, 0.1) is 0 Å². The molecule has 0 saturated carbocycles. The first-order valence-corrected chi connectivity index (χ1v) is 14.5. The molecule has 0 unspecified atom stereocenters. The van der Waals surface area contributed by atoms with Crippen LogP contribution in [0.4, 0.5) is 0 Å². The predicted molar refractivity (Wildman–Crippen MR) is 116 cm³/mol. The number of benzene rings is 1. The maximum Gasteiger partial charge on any atom is 0.122 e. The molecule has 1 aromatic carbocycles. The molecule has 0 amide bonds. The molecular formula is C22H36O2P2. The molecule has 1 aromatic rings. The third-order valence-electron chi connectivity index (χ3n) is 7.36. The third-order valence-corrected chi connectivity index (χ3v) is 16.7. The van der Waals surface area contributed by atoms with Crippen molar-refractivity contribution in [3.05, 3.63) is 24.3 Å². The minimum Gasteiger partial charge on any atom is -0.318 e. The van der Waals surface area contributed by atoms with Crippen LogP contribution in [0.5, 0.6) is 0 Å². The minimum atomic E-state index is -2.52. The van der Waals surface area contributed by atoms with Gasteiger partial charge in [-0.05, 0) is 51.4 Å². The highest BCUT2D eigenvalue weighted by atomic mass is 31.2. The molecule has 0 aromatic heterocycles. The standard InChI is InChI=1S/C22H36O2P2/c1-5-17-13-14-18(6-2)25(17,23)21-11-9-10-12-22(21)26(24)19(7-3)15-16-20(26)8-4/h9-12,17-20H,5-8,13-16H2,1-4H3/t17-,18-,19-,20-/m1/s1. The fourth-order valence-corrected chi connectivity index (χ4v) is 15.4. The van der Waals surface area contributed by atoms with Gasteiger partial charge < -0.3 is 9.13 Å². The fraction of sp³-hybridized carbons (Fsp3) is 0.727. The van der Waals surface area contributed by atoms with E-state index in [4.69, 9.17) is 0 Å². The van der Waals surface area contributed by atoms with Gasteiger partial charge in [-0.3, -0.25) is 0 Å². The van der Waals surface area contributed by atoms with Gasteiger partial charge in [-0.1, -0.05) is 52.0 Å². The normalized spacial score (nSPS) is 32.8. The molecule has 0 N–H and O–H groups in total.